The molecule has 0 amide bonds. The highest BCUT2D eigenvalue weighted by Crippen LogP contribution is 2.32. The lowest BCUT2D eigenvalue weighted by Gasteiger charge is -2.39. The SMILES string of the molecule is O=C(OCc1cccs1)C1CCC2CCCCC2N1. The van der Waals surface area contributed by atoms with Crippen molar-refractivity contribution < 1.29 is 9.53 Å². The fraction of sp³-hybridized carbons (Fsp3) is 0.667. The Morgan fingerprint density at radius 2 is 2.21 bits per heavy atom. The summed E-state index contributed by atoms with van der Waals surface area (Å²) in [4.78, 5) is 13.2. The van der Waals surface area contributed by atoms with Crippen LogP contribution in [0.1, 0.15) is 43.4 Å². The maximum Gasteiger partial charge on any atom is 0.323 e. The third-order valence-electron chi connectivity index (χ3n) is 4.37. The number of hydrogen-bond acceptors (Lipinski definition) is 4. The summed E-state index contributed by atoms with van der Waals surface area (Å²) in [6.45, 7) is 0.419. The largest absolute Gasteiger partial charge is 0.459 e. The summed E-state index contributed by atoms with van der Waals surface area (Å²) in [6, 6.07) is 4.45. The van der Waals surface area contributed by atoms with E-state index in [9.17, 15) is 4.79 Å². The van der Waals surface area contributed by atoms with Gasteiger partial charge >= 0.3 is 5.97 Å². The number of thiophene rings is 1. The molecule has 1 saturated carbocycles. The number of carbonyl (C=O) groups is 1. The molecule has 1 N–H and O–H groups in total. The van der Waals surface area contributed by atoms with Gasteiger partial charge in [0.15, 0.2) is 0 Å². The van der Waals surface area contributed by atoms with E-state index in [0.717, 1.165) is 17.2 Å². The maximum absolute atomic E-state index is 12.1. The highest BCUT2D eigenvalue weighted by Gasteiger charge is 2.35. The Morgan fingerprint density at radius 3 is 3.05 bits per heavy atom. The lowest BCUT2D eigenvalue weighted by molar-refractivity contribution is -0.149. The van der Waals surface area contributed by atoms with Gasteiger partial charge in [0.2, 0.25) is 0 Å². The van der Waals surface area contributed by atoms with E-state index in [4.69, 9.17) is 4.74 Å². The van der Waals surface area contributed by atoms with Crippen LogP contribution in [-0.2, 0) is 16.1 Å². The van der Waals surface area contributed by atoms with Crippen molar-refractivity contribution in [1.82, 2.24) is 5.32 Å². The van der Waals surface area contributed by atoms with Crippen LogP contribution in [0.5, 0.6) is 0 Å². The lowest BCUT2D eigenvalue weighted by Crippen LogP contribution is -2.52. The highest BCUT2D eigenvalue weighted by atomic mass is 32.1. The number of piperidine rings is 1. The van der Waals surface area contributed by atoms with Crippen molar-refractivity contribution in [3.63, 3.8) is 0 Å². The third kappa shape index (κ3) is 3.18. The summed E-state index contributed by atoms with van der Waals surface area (Å²) >= 11 is 1.63. The lowest BCUT2D eigenvalue weighted by atomic mass is 9.78. The molecule has 1 aliphatic carbocycles. The quantitative estimate of drug-likeness (QED) is 0.864. The number of rotatable bonds is 3. The van der Waals surface area contributed by atoms with Crippen molar-refractivity contribution >= 4 is 17.3 Å². The second-order valence-electron chi connectivity index (χ2n) is 5.63. The van der Waals surface area contributed by atoms with Crippen LogP contribution >= 0.6 is 11.3 Å². The summed E-state index contributed by atoms with van der Waals surface area (Å²) in [5, 5.41) is 5.52. The number of carbonyl (C=O) groups excluding carboxylic acids is 1. The summed E-state index contributed by atoms with van der Waals surface area (Å²) in [6.07, 6.45) is 7.32. The Kier molecular flexibility index (Phi) is 4.18. The number of esters is 1. The van der Waals surface area contributed by atoms with Crippen LogP contribution in [-0.4, -0.2) is 18.1 Å². The molecule has 3 nitrogen and oxygen atoms in total. The van der Waals surface area contributed by atoms with Crippen molar-refractivity contribution in [3.8, 4) is 0 Å². The van der Waals surface area contributed by atoms with Crippen molar-refractivity contribution in [2.45, 2.75) is 57.2 Å². The zero-order chi connectivity index (χ0) is 13.1. The van der Waals surface area contributed by atoms with E-state index < -0.39 is 0 Å². The Labute approximate surface area is 118 Å². The van der Waals surface area contributed by atoms with Crippen LogP contribution in [0.4, 0.5) is 0 Å². The summed E-state index contributed by atoms with van der Waals surface area (Å²) in [5.41, 5.74) is 0. The van der Waals surface area contributed by atoms with Crippen LogP contribution in [0.25, 0.3) is 0 Å². The first-order valence-corrected chi connectivity index (χ1v) is 8.16. The monoisotopic (exact) mass is 279 g/mol. The molecule has 19 heavy (non-hydrogen) atoms. The molecule has 104 valence electrons. The van der Waals surface area contributed by atoms with Crippen LogP contribution in [0.3, 0.4) is 0 Å². The van der Waals surface area contributed by atoms with Crippen LogP contribution in [0, 0.1) is 5.92 Å². The zero-order valence-corrected chi connectivity index (χ0v) is 12.0. The highest BCUT2D eigenvalue weighted by molar-refractivity contribution is 7.09. The zero-order valence-electron chi connectivity index (χ0n) is 11.1. The molecular weight excluding hydrogens is 258 g/mol. The molecule has 0 radical (unpaired) electrons. The second kappa shape index (κ2) is 6.06. The maximum atomic E-state index is 12.1. The van der Waals surface area contributed by atoms with Crippen LogP contribution < -0.4 is 5.32 Å². The first kappa shape index (κ1) is 13.1. The standard InChI is InChI=1S/C15H21NO2S/c17-15(18-10-12-5-3-9-19-12)14-8-7-11-4-1-2-6-13(11)16-14/h3,5,9,11,13-14,16H,1-2,4,6-8,10H2. The fourth-order valence-corrected chi connectivity index (χ4v) is 3.93. The van der Waals surface area contributed by atoms with Crippen molar-refractivity contribution in [3.05, 3.63) is 22.4 Å². The average molecular weight is 279 g/mol. The van der Waals surface area contributed by atoms with Gasteiger partial charge in [-0.1, -0.05) is 18.9 Å². The van der Waals surface area contributed by atoms with E-state index in [0.29, 0.717) is 12.6 Å². The number of ether oxygens (including phenoxy) is 1. The number of hydrogen-bond donors (Lipinski definition) is 1. The topological polar surface area (TPSA) is 38.3 Å². The van der Waals surface area contributed by atoms with Gasteiger partial charge < -0.3 is 10.1 Å². The molecule has 1 aliphatic heterocycles. The van der Waals surface area contributed by atoms with E-state index in [1.54, 1.807) is 11.3 Å². The van der Waals surface area contributed by atoms with Gasteiger partial charge in [0.1, 0.15) is 12.6 Å². The molecule has 3 rings (SSSR count). The Hall–Kier alpha value is -0.870. The van der Waals surface area contributed by atoms with Gasteiger partial charge in [0.25, 0.3) is 0 Å². The average Bonchev–Trinajstić information content (AvgIpc) is 2.97. The summed E-state index contributed by atoms with van der Waals surface area (Å²) < 4.78 is 5.41. The van der Waals surface area contributed by atoms with Gasteiger partial charge in [-0.15, -0.1) is 11.3 Å². The molecular formula is C15H21NO2S. The van der Waals surface area contributed by atoms with Gasteiger partial charge in [-0.3, -0.25) is 4.79 Å². The molecule has 0 spiro atoms. The van der Waals surface area contributed by atoms with Gasteiger partial charge in [-0.2, -0.15) is 0 Å². The minimum absolute atomic E-state index is 0.0718. The van der Waals surface area contributed by atoms with E-state index in [1.165, 1.54) is 32.1 Å². The van der Waals surface area contributed by atoms with Crippen molar-refractivity contribution in [1.29, 1.82) is 0 Å². The minimum atomic E-state index is -0.0840. The molecule has 2 fully saturated rings. The number of nitrogens with one attached hydrogen (secondary N) is 1. The molecule has 3 atom stereocenters. The van der Waals surface area contributed by atoms with Crippen molar-refractivity contribution in [2.24, 2.45) is 5.92 Å². The molecule has 2 aliphatic rings. The van der Waals surface area contributed by atoms with E-state index in [2.05, 4.69) is 5.32 Å². The first-order valence-electron chi connectivity index (χ1n) is 7.28. The predicted octanol–water partition coefficient (Wildman–Crippen LogP) is 3.10. The fourth-order valence-electron chi connectivity index (χ4n) is 3.32. The number of fused-ring (bicyclic) bond motifs is 1. The van der Waals surface area contributed by atoms with Gasteiger partial charge in [-0.25, -0.2) is 0 Å². The van der Waals surface area contributed by atoms with Crippen LogP contribution in [0.2, 0.25) is 0 Å². The molecule has 1 saturated heterocycles. The minimum Gasteiger partial charge on any atom is -0.459 e. The summed E-state index contributed by atoms with van der Waals surface area (Å²) in [7, 11) is 0. The molecule has 0 bridgehead atoms. The van der Waals surface area contributed by atoms with Gasteiger partial charge in [0, 0.05) is 10.9 Å². The molecule has 3 unspecified atom stereocenters. The van der Waals surface area contributed by atoms with Crippen molar-refractivity contribution in [2.75, 3.05) is 0 Å². The van der Waals surface area contributed by atoms with Gasteiger partial charge in [0.05, 0.1) is 0 Å². The Balaban J connectivity index is 1.50. The van der Waals surface area contributed by atoms with E-state index >= 15 is 0 Å². The normalized spacial score (nSPS) is 30.6. The predicted molar refractivity (Wildman–Crippen MR) is 76.0 cm³/mol. The van der Waals surface area contributed by atoms with Gasteiger partial charge in [-0.05, 0) is 43.0 Å². The Morgan fingerprint density at radius 1 is 1.32 bits per heavy atom. The molecule has 1 aromatic heterocycles. The first-order chi connectivity index (χ1) is 9.33. The third-order valence-corrected chi connectivity index (χ3v) is 5.22. The van der Waals surface area contributed by atoms with E-state index in [-0.39, 0.29) is 12.0 Å². The van der Waals surface area contributed by atoms with Crippen LogP contribution in [0.15, 0.2) is 17.5 Å². The Bertz CT molecular complexity index is 418. The molecule has 1 aromatic rings. The molecule has 4 heteroatoms. The second-order valence-corrected chi connectivity index (χ2v) is 6.67. The molecule has 2 heterocycles. The smallest absolute Gasteiger partial charge is 0.323 e. The molecule has 0 aromatic carbocycles. The summed E-state index contributed by atoms with van der Waals surface area (Å²) in [5.74, 6) is 0.715. The van der Waals surface area contributed by atoms with E-state index in [1.807, 2.05) is 17.5 Å².